The maximum atomic E-state index is 12.3. The van der Waals surface area contributed by atoms with Crippen LogP contribution < -0.4 is 5.32 Å². The van der Waals surface area contributed by atoms with E-state index in [2.05, 4.69) is 10.4 Å². The molecule has 0 aromatic carbocycles. The van der Waals surface area contributed by atoms with Crippen LogP contribution >= 0.6 is 0 Å². The third kappa shape index (κ3) is 2.57. The molecule has 21 heavy (non-hydrogen) atoms. The SMILES string of the molecule is Cc1cnn(CCNC(=O)[C@H]2C3C=CC(C3)[C@H]2C(=O)O)c1. The van der Waals surface area contributed by atoms with Crippen LogP contribution in [0.2, 0.25) is 0 Å². The van der Waals surface area contributed by atoms with Gasteiger partial charge in [-0.15, -0.1) is 0 Å². The van der Waals surface area contributed by atoms with Crippen LogP contribution in [0, 0.1) is 30.6 Å². The number of carbonyl (C=O) groups is 2. The first-order chi connectivity index (χ1) is 10.1. The van der Waals surface area contributed by atoms with Crippen LogP contribution in [0.4, 0.5) is 0 Å². The fourth-order valence-corrected chi connectivity index (χ4v) is 3.52. The summed E-state index contributed by atoms with van der Waals surface area (Å²) in [6.45, 7) is 3.01. The van der Waals surface area contributed by atoms with Gasteiger partial charge in [-0.3, -0.25) is 14.3 Å². The van der Waals surface area contributed by atoms with Gasteiger partial charge < -0.3 is 10.4 Å². The number of hydrogen-bond donors (Lipinski definition) is 2. The van der Waals surface area contributed by atoms with Crippen LogP contribution in [-0.2, 0) is 16.1 Å². The van der Waals surface area contributed by atoms with Crippen molar-refractivity contribution in [3.8, 4) is 0 Å². The van der Waals surface area contributed by atoms with E-state index in [1.165, 1.54) is 0 Å². The number of rotatable bonds is 5. The number of carboxylic acids is 1. The maximum Gasteiger partial charge on any atom is 0.307 e. The van der Waals surface area contributed by atoms with Crippen molar-refractivity contribution >= 4 is 11.9 Å². The lowest BCUT2D eigenvalue weighted by molar-refractivity contribution is -0.147. The van der Waals surface area contributed by atoms with Crippen molar-refractivity contribution in [3.05, 3.63) is 30.1 Å². The standard InChI is InChI=1S/C15H19N3O3/c1-9-7-17-18(8-9)5-4-16-14(19)12-10-2-3-11(6-10)13(12)15(20)21/h2-3,7-8,10-13H,4-6H2,1H3,(H,16,19)(H,20,21)/t10?,11?,12-,13+/m0/s1. The van der Waals surface area contributed by atoms with Crippen molar-refractivity contribution in [2.24, 2.45) is 23.7 Å². The summed E-state index contributed by atoms with van der Waals surface area (Å²) >= 11 is 0. The zero-order valence-corrected chi connectivity index (χ0v) is 11.9. The minimum atomic E-state index is -0.866. The lowest BCUT2D eigenvalue weighted by atomic mass is 9.82. The summed E-state index contributed by atoms with van der Waals surface area (Å²) in [6, 6.07) is 0. The monoisotopic (exact) mass is 289 g/mol. The summed E-state index contributed by atoms with van der Waals surface area (Å²) in [7, 11) is 0. The van der Waals surface area contributed by atoms with Gasteiger partial charge in [0.15, 0.2) is 0 Å². The molecule has 1 heterocycles. The number of carbonyl (C=O) groups excluding carboxylic acids is 1. The molecule has 1 aromatic heterocycles. The molecular formula is C15H19N3O3. The van der Waals surface area contributed by atoms with E-state index in [1.807, 2.05) is 25.3 Å². The van der Waals surface area contributed by atoms with Crippen LogP contribution in [0.15, 0.2) is 24.5 Å². The molecule has 1 amide bonds. The summed E-state index contributed by atoms with van der Waals surface area (Å²) in [5.74, 6) is -1.94. The molecule has 6 nitrogen and oxygen atoms in total. The van der Waals surface area contributed by atoms with Crippen molar-refractivity contribution in [1.29, 1.82) is 0 Å². The van der Waals surface area contributed by atoms with E-state index < -0.39 is 17.8 Å². The number of aliphatic carboxylic acids is 1. The number of aromatic nitrogens is 2. The molecule has 0 spiro atoms. The maximum absolute atomic E-state index is 12.3. The van der Waals surface area contributed by atoms with Gasteiger partial charge in [-0.2, -0.15) is 5.10 Å². The van der Waals surface area contributed by atoms with Gasteiger partial charge in [0, 0.05) is 12.7 Å². The first-order valence-electron chi connectivity index (χ1n) is 7.24. The normalized spacial score (nSPS) is 29.8. The Labute approximate surface area is 122 Å². The zero-order valence-electron chi connectivity index (χ0n) is 11.9. The second-order valence-electron chi connectivity index (χ2n) is 5.91. The Morgan fingerprint density at radius 3 is 2.71 bits per heavy atom. The predicted molar refractivity (Wildman–Crippen MR) is 75.3 cm³/mol. The van der Waals surface area contributed by atoms with Crippen molar-refractivity contribution in [1.82, 2.24) is 15.1 Å². The Kier molecular flexibility index (Phi) is 3.53. The molecule has 4 atom stereocenters. The van der Waals surface area contributed by atoms with E-state index in [4.69, 9.17) is 0 Å². The van der Waals surface area contributed by atoms with Gasteiger partial charge in [0.25, 0.3) is 0 Å². The molecule has 2 bridgehead atoms. The van der Waals surface area contributed by atoms with Gasteiger partial charge in [0.05, 0.1) is 24.6 Å². The van der Waals surface area contributed by atoms with Gasteiger partial charge in [-0.05, 0) is 30.7 Å². The fourth-order valence-electron chi connectivity index (χ4n) is 3.52. The van der Waals surface area contributed by atoms with E-state index in [0.717, 1.165) is 12.0 Å². The van der Waals surface area contributed by atoms with Crippen molar-refractivity contribution in [2.75, 3.05) is 6.54 Å². The highest BCUT2D eigenvalue weighted by molar-refractivity contribution is 5.86. The van der Waals surface area contributed by atoms with E-state index in [9.17, 15) is 14.7 Å². The van der Waals surface area contributed by atoms with Gasteiger partial charge in [0.2, 0.25) is 5.91 Å². The van der Waals surface area contributed by atoms with Gasteiger partial charge >= 0.3 is 5.97 Å². The zero-order chi connectivity index (χ0) is 15.0. The molecule has 2 N–H and O–H groups in total. The number of nitrogens with zero attached hydrogens (tertiary/aromatic N) is 2. The van der Waals surface area contributed by atoms with Crippen molar-refractivity contribution in [2.45, 2.75) is 19.9 Å². The average Bonchev–Trinajstić information content (AvgIpc) is 3.13. The van der Waals surface area contributed by atoms with Crippen molar-refractivity contribution in [3.63, 3.8) is 0 Å². The molecule has 0 saturated heterocycles. The molecule has 0 radical (unpaired) electrons. The van der Waals surface area contributed by atoms with E-state index in [1.54, 1.807) is 10.9 Å². The van der Waals surface area contributed by atoms with Gasteiger partial charge in [-0.25, -0.2) is 0 Å². The number of allylic oxidation sites excluding steroid dienone is 2. The lowest BCUT2D eigenvalue weighted by Gasteiger charge is -2.23. The fraction of sp³-hybridized carbons (Fsp3) is 0.533. The topological polar surface area (TPSA) is 84.2 Å². The van der Waals surface area contributed by atoms with Crippen LogP contribution in [0.25, 0.3) is 0 Å². The number of nitrogens with one attached hydrogen (secondary N) is 1. The lowest BCUT2D eigenvalue weighted by Crippen LogP contribution is -2.41. The van der Waals surface area contributed by atoms with Crippen LogP contribution in [0.3, 0.4) is 0 Å². The minimum absolute atomic E-state index is 0.0111. The van der Waals surface area contributed by atoms with Crippen LogP contribution in [-0.4, -0.2) is 33.3 Å². The highest BCUT2D eigenvalue weighted by Crippen LogP contribution is 2.48. The summed E-state index contributed by atoms with van der Waals surface area (Å²) in [6.07, 6.45) is 8.40. The molecule has 2 unspecified atom stereocenters. The molecular weight excluding hydrogens is 270 g/mol. The molecule has 2 aliphatic carbocycles. The molecule has 6 heteroatoms. The van der Waals surface area contributed by atoms with Gasteiger partial charge in [-0.1, -0.05) is 12.2 Å². The third-order valence-corrected chi connectivity index (χ3v) is 4.45. The number of hydrogen-bond acceptors (Lipinski definition) is 3. The third-order valence-electron chi connectivity index (χ3n) is 4.45. The second kappa shape index (κ2) is 5.35. The Bertz CT molecular complexity index is 593. The quantitative estimate of drug-likeness (QED) is 0.786. The first kappa shape index (κ1) is 13.9. The van der Waals surface area contributed by atoms with Crippen LogP contribution in [0.1, 0.15) is 12.0 Å². The minimum Gasteiger partial charge on any atom is -0.481 e. The van der Waals surface area contributed by atoms with E-state index in [0.29, 0.717) is 13.1 Å². The Morgan fingerprint density at radius 2 is 2.10 bits per heavy atom. The molecule has 0 aliphatic heterocycles. The molecule has 1 fully saturated rings. The molecule has 112 valence electrons. The second-order valence-corrected chi connectivity index (χ2v) is 5.91. The van der Waals surface area contributed by atoms with Crippen molar-refractivity contribution < 1.29 is 14.7 Å². The average molecular weight is 289 g/mol. The first-order valence-corrected chi connectivity index (χ1v) is 7.24. The number of aryl methyl sites for hydroxylation is 1. The van der Waals surface area contributed by atoms with Gasteiger partial charge in [0.1, 0.15) is 0 Å². The van der Waals surface area contributed by atoms with E-state index in [-0.39, 0.29) is 17.7 Å². The highest BCUT2D eigenvalue weighted by atomic mass is 16.4. The largest absolute Gasteiger partial charge is 0.481 e. The summed E-state index contributed by atoms with van der Waals surface area (Å²) < 4.78 is 1.77. The summed E-state index contributed by atoms with van der Waals surface area (Å²) in [5.41, 5.74) is 1.07. The molecule has 3 rings (SSSR count). The number of fused-ring (bicyclic) bond motifs is 2. The number of amides is 1. The molecule has 2 aliphatic rings. The highest BCUT2D eigenvalue weighted by Gasteiger charge is 2.51. The summed E-state index contributed by atoms with van der Waals surface area (Å²) in [5, 5.41) is 16.3. The Morgan fingerprint density at radius 1 is 1.38 bits per heavy atom. The smallest absolute Gasteiger partial charge is 0.307 e. The summed E-state index contributed by atoms with van der Waals surface area (Å²) in [4.78, 5) is 23.7. The van der Waals surface area contributed by atoms with E-state index >= 15 is 0 Å². The predicted octanol–water partition coefficient (Wildman–Crippen LogP) is 0.831. The Balaban J connectivity index is 1.57. The number of carboxylic acid groups (broad SMARTS) is 1. The molecule has 1 aromatic rings. The Hall–Kier alpha value is -2.11. The van der Waals surface area contributed by atoms with Crippen LogP contribution in [0.5, 0.6) is 0 Å². The molecule has 1 saturated carbocycles.